The van der Waals surface area contributed by atoms with E-state index in [-0.39, 0.29) is 11.5 Å². The molecule has 1 amide bonds. The zero-order valence-electron chi connectivity index (χ0n) is 15.1. The summed E-state index contributed by atoms with van der Waals surface area (Å²) in [4.78, 5) is 19.3. The molecule has 1 spiro atoms. The fourth-order valence-corrected chi connectivity index (χ4v) is 5.20. The van der Waals surface area contributed by atoms with Crippen molar-refractivity contribution in [2.24, 2.45) is 0 Å². The van der Waals surface area contributed by atoms with Crippen LogP contribution in [0.3, 0.4) is 0 Å². The lowest BCUT2D eigenvalue weighted by Gasteiger charge is -2.43. The van der Waals surface area contributed by atoms with Crippen molar-refractivity contribution in [3.63, 3.8) is 0 Å². The molecule has 0 atom stereocenters. The van der Waals surface area contributed by atoms with Crippen LogP contribution in [-0.2, 0) is 28.0 Å². The quantitative estimate of drug-likeness (QED) is 0.756. The van der Waals surface area contributed by atoms with Gasteiger partial charge in [-0.3, -0.25) is 9.89 Å². The molecule has 2 aromatic heterocycles. The number of para-hydroxylation sites is 1. The predicted molar refractivity (Wildman–Crippen MR) is 104 cm³/mol. The molecule has 2 aliphatic rings. The molecule has 1 N–H and O–H groups in total. The molecule has 0 radical (unpaired) electrons. The van der Waals surface area contributed by atoms with Crippen molar-refractivity contribution < 1.29 is 9.53 Å². The average Bonchev–Trinajstić information content (AvgIpc) is 3.34. The van der Waals surface area contributed by atoms with Crippen LogP contribution in [0, 0.1) is 0 Å². The zero-order chi connectivity index (χ0) is 18.3. The summed E-state index contributed by atoms with van der Waals surface area (Å²) in [5.41, 5.74) is 3.12. The largest absolute Gasteiger partial charge is 0.368 e. The Balaban J connectivity index is 1.21. The maximum Gasteiger partial charge on any atom is 0.222 e. The molecular formula is C20H22N4O2S. The van der Waals surface area contributed by atoms with Gasteiger partial charge in [0.15, 0.2) is 0 Å². The number of H-pyrrole nitrogens is 1. The van der Waals surface area contributed by atoms with E-state index in [2.05, 4.69) is 21.2 Å². The molecule has 0 unspecified atom stereocenters. The monoisotopic (exact) mass is 382 g/mol. The number of carbonyl (C=O) groups excluding carboxylic acids is 1. The van der Waals surface area contributed by atoms with Crippen LogP contribution in [0.2, 0.25) is 0 Å². The molecule has 1 saturated heterocycles. The van der Waals surface area contributed by atoms with Gasteiger partial charge >= 0.3 is 0 Å². The van der Waals surface area contributed by atoms with Gasteiger partial charge in [0.2, 0.25) is 5.91 Å². The number of aromatic amines is 1. The fraction of sp³-hybridized carbons (Fsp3) is 0.450. The topological polar surface area (TPSA) is 71.1 Å². The summed E-state index contributed by atoms with van der Waals surface area (Å²) in [5, 5.41) is 8.37. The van der Waals surface area contributed by atoms with E-state index in [0.717, 1.165) is 55.2 Å². The van der Waals surface area contributed by atoms with E-state index in [0.29, 0.717) is 12.8 Å². The van der Waals surface area contributed by atoms with Crippen LogP contribution >= 0.6 is 11.3 Å². The molecular weight excluding hydrogens is 360 g/mol. The number of thiazole rings is 1. The number of piperidine rings is 1. The number of aromatic nitrogens is 3. The van der Waals surface area contributed by atoms with Gasteiger partial charge in [-0.05, 0) is 37.0 Å². The molecule has 1 aromatic carbocycles. The highest BCUT2D eigenvalue weighted by atomic mass is 32.1. The Morgan fingerprint density at radius 3 is 3.00 bits per heavy atom. The van der Waals surface area contributed by atoms with Crippen LogP contribution < -0.4 is 0 Å². The SMILES string of the molecule is O=C(CCc1nc2ccccc2s1)N1CCC2(CC1)OCCc1cn[nH]c12. The van der Waals surface area contributed by atoms with E-state index in [9.17, 15) is 4.79 Å². The second kappa shape index (κ2) is 6.73. The molecule has 6 nitrogen and oxygen atoms in total. The van der Waals surface area contributed by atoms with Crippen molar-refractivity contribution in [1.29, 1.82) is 0 Å². The molecule has 140 valence electrons. The summed E-state index contributed by atoms with van der Waals surface area (Å²) in [5.74, 6) is 0.213. The Morgan fingerprint density at radius 1 is 1.30 bits per heavy atom. The van der Waals surface area contributed by atoms with Crippen LogP contribution in [0.15, 0.2) is 30.5 Å². The number of hydrogen-bond acceptors (Lipinski definition) is 5. The van der Waals surface area contributed by atoms with E-state index < -0.39 is 0 Å². The van der Waals surface area contributed by atoms with E-state index in [1.54, 1.807) is 11.3 Å². The lowest BCUT2D eigenvalue weighted by Crippen LogP contribution is -2.48. The minimum Gasteiger partial charge on any atom is -0.368 e. The van der Waals surface area contributed by atoms with E-state index in [4.69, 9.17) is 4.74 Å². The number of carbonyl (C=O) groups is 1. The van der Waals surface area contributed by atoms with Crippen LogP contribution in [0.4, 0.5) is 0 Å². The number of likely N-dealkylation sites (tertiary alicyclic amines) is 1. The fourth-order valence-electron chi connectivity index (χ4n) is 4.23. The number of rotatable bonds is 3. The Labute approximate surface area is 161 Å². The number of benzene rings is 1. The third kappa shape index (κ3) is 3.04. The highest BCUT2D eigenvalue weighted by molar-refractivity contribution is 7.18. The molecule has 4 heterocycles. The second-order valence-corrected chi connectivity index (χ2v) is 8.43. The van der Waals surface area contributed by atoms with E-state index >= 15 is 0 Å². The second-order valence-electron chi connectivity index (χ2n) is 7.32. The molecule has 27 heavy (non-hydrogen) atoms. The molecule has 0 saturated carbocycles. The number of nitrogens with zero attached hydrogens (tertiary/aromatic N) is 3. The molecule has 1 fully saturated rings. The van der Waals surface area contributed by atoms with Crippen LogP contribution in [0.5, 0.6) is 0 Å². The normalized spacial score (nSPS) is 18.7. The number of hydrogen-bond donors (Lipinski definition) is 1. The Kier molecular flexibility index (Phi) is 4.21. The summed E-state index contributed by atoms with van der Waals surface area (Å²) in [7, 11) is 0. The maximum atomic E-state index is 12.7. The first-order valence-electron chi connectivity index (χ1n) is 9.52. The van der Waals surface area contributed by atoms with Crippen molar-refractivity contribution in [2.75, 3.05) is 19.7 Å². The number of nitrogens with one attached hydrogen (secondary N) is 1. The van der Waals surface area contributed by atoms with Gasteiger partial charge in [0.1, 0.15) is 5.60 Å². The summed E-state index contributed by atoms with van der Waals surface area (Å²) >= 11 is 1.68. The summed E-state index contributed by atoms with van der Waals surface area (Å²) in [6.07, 6.45) is 5.71. The number of aryl methyl sites for hydroxylation is 1. The van der Waals surface area contributed by atoms with Gasteiger partial charge in [0, 0.05) is 25.9 Å². The number of amides is 1. The first-order chi connectivity index (χ1) is 13.2. The molecule has 2 aliphatic heterocycles. The molecule has 7 heteroatoms. The van der Waals surface area contributed by atoms with Gasteiger partial charge in [-0.1, -0.05) is 12.1 Å². The van der Waals surface area contributed by atoms with Crippen molar-refractivity contribution in [3.05, 3.63) is 46.7 Å². The van der Waals surface area contributed by atoms with Gasteiger partial charge in [-0.25, -0.2) is 4.98 Å². The highest BCUT2D eigenvalue weighted by Gasteiger charge is 2.42. The molecule has 0 aliphatic carbocycles. The average molecular weight is 382 g/mol. The smallest absolute Gasteiger partial charge is 0.222 e. The van der Waals surface area contributed by atoms with Gasteiger partial charge < -0.3 is 9.64 Å². The van der Waals surface area contributed by atoms with Crippen molar-refractivity contribution >= 4 is 27.5 Å². The molecule has 5 rings (SSSR count). The van der Waals surface area contributed by atoms with Crippen molar-refractivity contribution in [1.82, 2.24) is 20.1 Å². The first-order valence-corrected chi connectivity index (χ1v) is 10.3. The van der Waals surface area contributed by atoms with E-state index in [1.807, 2.05) is 29.3 Å². The highest BCUT2D eigenvalue weighted by Crippen LogP contribution is 2.40. The van der Waals surface area contributed by atoms with Gasteiger partial charge in [0.25, 0.3) is 0 Å². The van der Waals surface area contributed by atoms with Gasteiger partial charge in [-0.2, -0.15) is 5.10 Å². The van der Waals surface area contributed by atoms with Crippen LogP contribution in [-0.4, -0.2) is 45.7 Å². The van der Waals surface area contributed by atoms with E-state index in [1.165, 1.54) is 10.3 Å². The minimum atomic E-state index is -0.284. The summed E-state index contributed by atoms with van der Waals surface area (Å²) in [6, 6.07) is 8.13. The lowest BCUT2D eigenvalue weighted by atomic mass is 9.83. The molecule has 3 aromatic rings. The van der Waals surface area contributed by atoms with Crippen molar-refractivity contribution in [3.8, 4) is 0 Å². The van der Waals surface area contributed by atoms with Crippen molar-refractivity contribution in [2.45, 2.75) is 37.7 Å². The van der Waals surface area contributed by atoms with Gasteiger partial charge in [0.05, 0.1) is 33.7 Å². The van der Waals surface area contributed by atoms with Crippen LogP contribution in [0.1, 0.15) is 35.5 Å². The number of ether oxygens (including phenoxy) is 1. The molecule has 0 bridgehead atoms. The Bertz CT molecular complexity index is 938. The third-order valence-electron chi connectivity index (χ3n) is 5.74. The van der Waals surface area contributed by atoms with Crippen LogP contribution in [0.25, 0.3) is 10.2 Å². The lowest BCUT2D eigenvalue weighted by molar-refractivity contribution is -0.141. The minimum absolute atomic E-state index is 0.213. The van der Waals surface area contributed by atoms with Gasteiger partial charge in [-0.15, -0.1) is 11.3 Å². The Morgan fingerprint density at radius 2 is 2.15 bits per heavy atom. The standard InChI is InChI=1S/C20H22N4O2S/c25-18(6-5-17-22-15-3-1-2-4-16(15)27-17)24-10-8-20(9-11-24)19-14(7-12-26-20)13-21-23-19/h1-4,13H,5-12H2,(H,21,23). The Hall–Kier alpha value is -2.25. The third-order valence-corrected chi connectivity index (χ3v) is 6.83. The maximum absolute atomic E-state index is 12.7. The number of fused-ring (bicyclic) bond motifs is 3. The zero-order valence-corrected chi connectivity index (χ0v) is 15.9. The first kappa shape index (κ1) is 16.9. The summed E-state index contributed by atoms with van der Waals surface area (Å²) in [6.45, 7) is 2.20. The summed E-state index contributed by atoms with van der Waals surface area (Å²) < 4.78 is 7.35. The predicted octanol–water partition coefficient (Wildman–Crippen LogP) is 3.04.